The van der Waals surface area contributed by atoms with Crippen LogP contribution in [0.2, 0.25) is 5.02 Å². The van der Waals surface area contributed by atoms with Crippen molar-refractivity contribution in [3.63, 3.8) is 0 Å². The van der Waals surface area contributed by atoms with Gasteiger partial charge in [-0.15, -0.1) is 0 Å². The summed E-state index contributed by atoms with van der Waals surface area (Å²) in [6.07, 6.45) is 6.88. The summed E-state index contributed by atoms with van der Waals surface area (Å²) in [5, 5.41) is 3.77. The van der Waals surface area contributed by atoms with Crippen molar-refractivity contribution in [2.45, 2.75) is 23.7 Å². The summed E-state index contributed by atoms with van der Waals surface area (Å²) in [5.74, 6) is 3.19. The molecule has 1 fully saturated rings. The molecule has 0 amide bonds. The van der Waals surface area contributed by atoms with E-state index in [0.29, 0.717) is 39.9 Å². The van der Waals surface area contributed by atoms with Crippen LogP contribution in [0.3, 0.4) is 0 Å². The highest BCUT2D eigenvalue weighted by atomic mass is 35.5. The highest BCUT2D eigenvalue weighted by Crippen LogP contribution is 2.29. The summed E-state index contributed by atoms with van der Waals surface area (Å²) in [5.41, 5.74) is 0. The Morgan fingerprint density at radius 3 is 2.67 bits per heavy atom. The van der Waals surface area contributed by atoms with E-state index >= 15 is 0 Å². The molecule has 0 unspecified atom stereocenters. The third-order valence-corrected chi connectivity index (χ3v) is 5.91. The Kier molecular flexibility index (Phi) is 4.32. The van der Waals surface area contributed by atoms with Gasteiger partial charge in [0.15, 0.2) is 0 Å². The number of piperidine rings is 1. The van der Waals surface area contributed by atoms with Crippen molar-refractivity contribution in [1.29, 1.82) is 0 Å². The summed E-state index contributed by atoms with van der Waals surface area (Å²) in [6.45, 7) is 2.38. The normalized spacial score (nSPS) is 21.2. The van der Waals surface area contributed by atoms with Gasteiger partial charge in [0.1, 0.15) is 11.6 Å². The van der Waals surface area contributed by atoms with Crippen LogP contribution < -0.4 is 10.2 Å². The summed E-state index contributed by atoms with van der Waals surface area (Å²) in [4.78, 5) is 20.5. The average molecular weight is 365 g/mol. The monoisotopic (exact) mass is 364 g/mol. The van der Waals surface area contributed by atoms with E-state index in [1.165, 1.54) is 0 Å². The number of rotatable bonds is 2. The largest absolute Gasteiger partial charge is 0.368 e. The predicted octanol–water partition coefficient (Wildman–Crippen LogP) is 1.84. The Bertz CT molecular complexity index is 763. The van der Waals surface area contributed by atoms with Gasteiger partial charge in [-0.2, -0.15) is 4.98 Å². The van der Waals surface area contributed by atoms with Gasteiger partial charge in [0.05, 0.1) is 26.9 Å². The van der Waals surface area contributed by atoms with Crippen LogP contribution in [-0.4, -0.2) is 49.5 Å². The van der Waals surface area contributed by atoms with Gasteiger partial charge in [-0.05, 0) is 12.8 Å². The van der Waals surface area contributed by atoms with Crippen molar-refractivity contribution in [2.24, 2.45) is 0 Å². The first-order valence-electron chi connectivity index (χ1n) is 7.92. The molecular formula is C15H17ClN6OS. The summed E-state index contributed by atoms with van der Waals surface area (Å²) in [7, 11) is -0.994. The molecule has 0 saturated carbocycles. The maximum Gasteiger partial charge on any atom is 0.227 e. The molecule has 2 aliphatic rings. The molecular weight excluding hydrogens is 348 g/mol. The second kappa shape index (κ2) is 6.60. The van der Waals surface area contributed by atoms with E-state index in [1.54, 1.807) is 18.6 Å². The summed E-state index contributed by atoms with van der Waals surface area (Å²) < 4.78 is 12.0. The molecule has 0 aromatic carbocycles. The fraction of sp³-hybridized carbons (Fsp3) is 0.467. The third-order valence-electron chi connectivity index (χ3n) is 4.35. The lowest BCUT2D eigenvalue weighted by molar-refractivity contribution is 0.480. The fourth-order valence-electron chi connectivity index (χ4n) is 3.05. The standard InChI is InChI=1S/C15H17ClN6OS/c16-11-7-18-13(19-8-11)10-1-4-22(5-2-10)15-20-9-12-14(21-15)17-3-6-24(12)23/h7-10H,1-6H2,(H,17,20,21)/t24-/m0/s1. The van der Waals surface area contributed by atoms with Crippen LogP contribution in [0.5, 0.6) is 0 Å². The van der Waals surface area contributed by atoms with E-state index < -0.39 is 10.8 Å². The molecule has 24 heavy (non-hydrogen) atoms. The van der Waals surface area contributed by atoms with Crippen LogP contribution in [0.15, 0.2) is 23.5 Å². The first kappa shape index (κ1) is 15.7. The Morgan fingerprint density at radius 2 is 1.92 bits per heavy atom. The van der Waals surface area contributed by atoms with E-state index in [2.05, 4.69) is 30.2 Å². The van der Waals surface area contributed by atoms with Gasteiger partial charge < -0.3 is 10.2 Å². The van der Waals surface area contributed by atoms with Crippen molar-refractivity contribution in [3.05, 3.63) is 29.4 Å². The van der Waals surface area contributed by atoms with E-state index in [0.717, 1.165) is 31.8 Å². The number of nitrogens with zero attached hydrogens (tertiary/aromatic N) is 5. The zero-order valence-corrected chi connectivity index (χ0v) is 14.6. The van der Waals surface area contributed by atoms with Gasteiger partial charge in [0, 0.05) is 43.7 Å². The molecule has 9 heteroatoms. The van der Waals surface area contributed by atoms with E-state index in [9.17, 15) is 4.21 Å². The van der Waals surface area contributed by atoms with Gasteiger partial charge in [-0.3, -0.25) is 4.21 Å². The van der Waals surface area contributed by atoms with Gasteiger partial charge in [0.2, 0.25) is 5.95 Å². The number of hydrogen-bond acceptors (Lipinski definition) is 7. The first-order chi connectivity index (χ1) is 11.7. The van der Waals surface area contributed by atoms with Crippen LogP contribution in [-0.2, 0) is 10.8 Å². The minimum absolute atomic E-state index is 0.335. The maximum atomic E-state index is 12.0. The molecule has 7 nitrogen and oxygen atoms in total. The van der Waals surface area contributed by atoms with Gasteiger partial charge >= 0.3 is 0 Å². The molecule has 2 aliphatic heterocycles. The topological polar surface area (TPSA) is 83.9 Å². The van der Waals surface area contributed by atoms with Crippen LogP contribution in [0, 0.1) is 0 Å². The first-order valence-corrected chi connectivity index (χ1v) is 9.62. The van der Waals surface area contributed by atoms with E-state index in [-0.39, 0.29) is 0 Å². The molecule has 0 bridgehead atoms. The lowest BCUT2D eigenvalue weighted by Crippen LogP contribution is -2.35. The van der Waals surface area contributed by atoms with Crippen LogP contribution in [0.25, 0.3) is 0 Å². The molecule has 0 spiro atoms. The molecule has 1 saturated heterocycles. The quantitative estimate of drug-likeness (QED) is 0.870. The van der Waals surface area contributed by atoms with Gasteiger partial charge in [-0.25, -0.2) is 15.0 Å². The molecule has 4 heterocycles. The number of anilines is 2. The third kappa shape index (κ3) is 3.08. The van der Waals surface area contributed by atoms with E-state index in [4.69, 9.17) is 11.6 Å². The molecule has 0 aliphatic carbocycles. The Labute approximate surface area is 147 Å². The summed E-state index contributed by atoms with van der Waals surface area (Å²) in [6, 6.07) is 0. The molecule has 0 radical (unpaired) electrons. The highest BCUT2D eigenvalue weighted by molar-refractivity contribution is 7.85. The summed E-state index contributed by atoms with van der Waals surface area (Å²) >= 11 is 5.84. The van der Waals surface area contributed by atoms with Crippen molar-refractivity contribution < 1.29 is 4.21 Å². The minimum Gasteiger partial charge on any atom is -0.368 e. The van der Waals surface area contributed by atoms with Crippen LogP contribution >= 0.6 is 11.6 Å². The number of nitrogens with one attached hydrogen (secondary N) is 1. The van der Waals surface area contributed by atoms with Crippen molar-refractivity contribution in [2.75, 3.05) is 35.6 Å². The minimum atomic E-state index is -0.994. The van der Waals surface area contributed by atoms with Gasteiger partial charge in [0.25, 0.3) is 0 Å². The van der Waals surface area contributed by atoms with Crippen LogP contribution in [0.1, 0.15) is 24.6 Å². The van der Waals surface area contributed by atoms with Gasteiger partial charge in [-0.1, -0.05) is 11.6 Å². The van der Waals surface area contributed by atoms with E-state index in [1.807, 2.05) is 0 Å². The van der Waals surface area contributed by atoms with Crippen molar-refractivity contribution in [1.82, 2.24) is 19.9 Å². The fourth-order valence-corrected chi connectivity index (χ4v) is 4.16. The second-order valence-corrected chi connectivity index (χ2v) is 7.86. The maximum absolute atomic E-state index is 12.0. The molecule has 126 valence electrons. The lowest BCUT2D eigenvalue weighted by Gasteiger charge is -2.31. The molecule has 2 aromatic rings. The smallest absolute Gasteiger partial charge is 0.227 e. The predicted molar refractivity (Wildman–Crippen MR) is 93.0 cm³/mol. The Hall–Kier alpha value is -1.80. The molecule has 1 N–H and O–H groups in total. The average Bonchev–Trinajstić information content (AvgIpc) is 2.62. The molecule has 1 atom stereocenters. The second-order valence-electron chi connectivity index (χ2n) is 5.88. The number of fused-ring (bicyclic) bond motifs is 1. The number of halogens is 1. The zero-order valence-electron chi connectivity index (χ0n) is 13.0. The molecule has 2 aromatic heterocycles. The molecule has 4 rings (SSSR count). The van der Waals surface area contributed by atoms with Crippen LogP contribution in [0.4, 0.5) is 11.8 Å². The lowest BCUT2D eigenvalue weighted by atomic mass is 9.96. The van der Waals surface area contributed by atoms with Crippen molar-refractivity contribution in [3.8, 4) is 0 Å². The Morgan fingerprint density at radius 1 is 1.17 bits per heavy atom. The highest BCUT2D eigenvalue weighted by Gasteiger charge is 2.25. The number of hydrogen-bond donors (Lipinski definition) is 1. The number of aromatic nitrogens is 4. The SMILES string of the molecule is O=[S@]1CCNc2nc(N3CCC(c4ncc(Cl)cn4)CC3)ncc21. The van der Waals surface area contributed by atoms with Crippen molar-refractivity contribution >= 4 is 34.2 Å². The zero-order chi connectivity index (χ0) is 16.5. The Balaban J connectivity index is 1.46.